The van der Waals surface area contributed by atoms with Crippen LogP contribution in [0.15, 0.2) is 36.8 Å². The topological polar surface area (TPSA) is 64.7 Å². The van der Waals surface area contributed by atoms with Gasteiger partial charge in [-0.1, -0.05) is 29.8 Å². The fourth-order valence-corrected chi connectivity index (χ4v) is 4.09. The molecule has 7 heteroatoms. The lowest BCUT2D eigenvalue weighted by atomic mass is 10.0. The van der Waals surface area contributed by atoms with Crippen LogP contribution >= 0.6 is 0 Å². The van der Waals surface area contributed by atoms with Gasteiger partial charge in [0.25, 0.3) is 0 Å². The van der Waals surface area contributed by atoms with Crippen LogP contribution in [0.4, 0.5) is 5.82 Å². The van der Waals surface area contributed by atoms with Crippen molar-refractivity contribution >= 4 is 16.9 Å². The maximum absolute atomic E-state index is 4.84. The standard InChI is InChI=1S/C21H23N7/c1-14-6-8-15(9-7-14)19-16(12-24-26(19)2)18-17-20(27(3)25-18)22-13-23-21(17)28-10-4-5-11-28/h6-9,12-13H,4-5,10-11H2,1-3H3. The molecule has 0 atom stereocenters. The molecule has 0 spiro atoms. The van der Waals surface area contributed by atoms with Crippen LogP contribution < -0.4 is 4.90 Å². The number of aromatic nitrogens is 6. The van der Waals surface area contributed by atoms with Gasteiger partial charge >= 0.3 is 0 Å². The van der Waals surface area contributed by atoms with E-state index in [1.165, 1.54) is 18.4 Å². The SMILES string of the molecule is Cc1ccc(-c2c(-c3nn(C)c4ncnc(N5CCCC5)c34)cnn2C)cc1. The molecule has 142 valence electrons. The monoisotopic (exact) mass is 373 g/mol. The summed E-state index contributed by atoms with van der Waals surface area (Å²) < 4.78 is 3.76. The molecule has 0 amide bonds. The van der Waals surface area contributed by atoms with E-state index in [4.69, 9.17) is 5.10 Å². The van der Waals surface area contributed by atoms with Crippen molar-refractivity contribution in [1.29, 1.82) is 0 Å². The number of fused-ring (bicyclic) bond motifs is 1. The Hall–Kier alpha value is -3.22. The fourth-order valence-electron chi connectivity index (χ4n) is 4.09. The minimum absolute atomic E-state index is 0.852. The second-order valence-corrected chi connectivity index (χ2v) is 7.46. The van der Waals surface area contributed by atoms with E-state index in [0.717, 1.165) is 52.5 Å². The van der Waals surface area contributed by atoms with E-state index >= 15 is 0 Å². The summed E-state index contributed by atoms with van der Waals surface area (Å²) in [6, 6.07) is 8.53. The van der Waals surface area contributed by atoms with E-state index in [1.54, 1.807) is 6.33 Å². The zero-order valence-electron chi connectivity index (χ0n) is 16.4. The van der Waals surface area contributed by atoms with Crippen molar-refractivity contribution < 1.29 is 0 Å². The molecule has 3 aromatic heterocycles. The van der Waals surface area contributed by atoms with Gasteiger partial charge < -0.3 is 4.90 Å². The van der Waals surface area contributed by atoms with Gasteiger partial charge in [0.05, 0.1) is 17.3 Å². The van der Waals surface area contributed by atoms with Gasteiger partial charge in [-0.25, -0.2) is 14.6 Å². The average molecular weight is 373 g/mol. The third kappa shape index (κ3) is 2.58. The summed E-state index contributed by atoms with van der Waals surface area (Å²) in [5.41, 5.74) is 6.16. The second kappa shape index (κ2) is 6.44. The van der Waals surface area contributed by atoms with Crippen molar-refractivity contribution in [2.45, 2.75) is 19.8 Å². The van der Waals surface area contributed by atoms with Gasteiger partial charge in [0, 0.05) is 38.3 Å². The third-order valence-corrected chi connectivity index (χ3v) is 5.53. The van der Waals surface area contributed by atoms with E-state index in [2.05, 4.69) is 51.2 Å². The highest BCUT2D eigenvalue weighted by Crippen LogP contribution is 2.38. The van der Waals surface area contributed by atoms with E-state index in [9.17, 15) is 0 Å². The number of hydrogen-bond acceptors (Lipinski definition) is 5. The molecule has 4 heterocycles. The number of anilines is 1. The molecule has 0 N–H and O–H groups in total. The van der Waals surface area contributed by atoms with Crippen molar-refractivity contribution in [1.82, 2.24) is 29.5 Å². The van der Waals surface area contributed by atoms with Crippen molar-refractivity contribution in [3.05, 3.63) is 42.4 Å². The second-order valence-electron chi connectivity index (χ2n) is 7.46. The first-order chi connectivity index (χ1) is 13.6. The van der Waals surface area contributed by atoms with Crippen LogP contribution in [0.3, 0.4) is 0 Å². The molecule has 1 fully saturated rings. The maximum Gasteiger partial charge on any atom is 0.163 e. The predicted molar refractivity (Wildman–Crippen MR) is 110 cm³/mol. The molecule has 0 unspecified atom stereocenters. The zero-order valence-corrected chi connectivity index (χ0v) is 16.4. The van der Waals surface area contributed by atoms with E-state index in [1.807, 2.05) is 29.7 Å². The van der Waals surface area contributed by atoms with E-state index in [0.29, 0.717) is 0 Å². The van der Waals surface area contributed by atoms with Gasteiger partial charge in [-0.2, -0.15) is 10.2 Å². The molecule has 0 aliphatic carbocycles. The zero-order chi connectivity index (χ0) is 19.3. The normalized spacial score (nSPS) is 14.3. The molecular weight excluding hydrogens is 350 g/mol. The Morgan fingerprint density at radius 1 is 0.929 bits per heavy atom. The Morgan fingerprint density at radius 2 is 1.68 bits per heavy atom. The summed E-state index contributed by atoms with van der Waals surface area (Å²) in [5.74, 6) is 0.976. The average Bonchev–Trinajstić information content (AvgIpc) is 3.42. The van der Waals surface area contributed by atoms with Crippen LogP contribution in [-0.4, -0.2) is 42.6 Å². The van der Waals surface area contributed by atoms with Crippen LogP contribution in [0, 0.1) is 6.92 Å². The summed E-state index contributed by atoms with van der Waals surface area (Å²) >= 11 is 0. The van der Waals surface area contributed by atoms with Crippen LogP contribution in [0.5, 0.6) is 0 Å². The summed E-state index contributed by atoms with van der Waals surface area (Å²) in [6.07, 6.45) is 5.94. The van der Waals surface area contributed by atoms with Gasteiger partial charge in [-0.3, -0.25) is 4.68 Å². The molecule has 5 rings (SSSR count). The lowest BCUT2D eigenvalue weighted by Gasteiger charge is -2.17. The largest absolute Gasteiger partial charge is 0.356 e. The maximum atomic E-state index is 4.84. The molecule has 1 saturated heterocycles. The molecule has 0 saturated carbocycles. The summed E-state index contributed by atoms with van der Waals surface area (Å²) in [6.45, 7) is 4.15. The highest BCUT2D eigenvalue weighted by molar-refractivity contribution is 6.01. The molecule has 0 bridgehead atoms. The van der Waals surface area contributed by atoms with Crippen LogP contribution in [-0.2, 0) is 14.1 Å². The number of rotatable bonds is 3. The highest BCUT2D eigenvalue weighted by Gasteiger charge is 2.25. The predicted octanol–water partition coefficient (Wildman–Crippen LogP) is 3.34. The van der Waals surface area contributed by atoms with Gasteiger partial charge in [0.2, 0.25) is 0 Å². The fraction of sp³-hybridized carbons (Fsp3) is 0.333. The first-order valence-corrected chi connectivity index (χ1v) is 9.65. The van der Waals surface area contributed by atoms with Crippen molar-refractivity contribution in [2.75, 3.05) is 18.0 Å². The number of benzene rings is 1. The van der Waals surface area contributed by atoms with Gasteiger partial charge in [-0.15, -0.1) is 0 Å². The van der Waals surface area contributed by atoms with Crippen molar-refractivity contribution in [3.8, 4) is 22.5 Å². The minimum atomic E-state index is 0.852. The van der Waals surface area contributed by atoms with Crippen molar-refractivity contribution in [2.24, 2.45) is 14.1 Å². The molecule has 1 aromatic carbocycles. The third-order valence-electron chi connectivity index (χ3n) is 5.53. The Balaban J connectivity index is 1.76. The van der Waals surface area contributed by atoms with Crippen LogP contribution in [0.1, 0.15) is 18.4 Å². The summed E-state index contributed by atoms with van der Waals surface area (Å²) in [5, 5.41) is 10.4. The van der Waals surface area contributed by atoms with Crippen LogP contribution in [0.2, 0.25) is 0 Å². The Kier molecular flexibility index (Phi) is 3.89. The first-order valence-electron chi connectivity index (χ1n) is 9.65. The molecule has 1 aliphatic heterocycles. The molecule has 28 heavy (non-hydrogen) atoms. The molecule has 1 aliphatic rings. The Labute approximate surface area is 163 Å². The van der Waals surface area contributed by atoms with Crippen LogP contribution in [0.25, 0.3) is 33.5 Å². The highest BCUT2D eigenvalue weighted by atomic mass is 15.3. The number of hydrogen-bond donors (Lipinski definition) is 0. The summed E-state index contributed by atoms with van der Waals surface area (Å²) in [4.78, 5) is 11.5. The lowest BCUT2D eigenvalue weighted by molar-refractivity contribution is 0.775. The van der Waals surface area contributed by atoms with Gasteiger partial charge in [0.1, 0.15) is 17.8 Å². The van der Waals surface area contributed by atoms with Crippen molar-refractivity contribution in [3.63, 3.8) is 0 Å². The molecule has 7 nitrogen and oxygen atoms in total. The number of aryl methyl sites for hydroxylation is 3. The first kappa shape index (κ1) is 16.9. The van der Waals surface area contributed by atoms with E-state index < -0.39 is 0 Å². The number of nitrogens with zero attached hydrogens (tertiary/aromatic N) is 7. The molecule has 0 radical (unpaired) electrons. The lowest BCUT2D eigenvalue weighted by Crippen LogP contribution is -2.19. The quantitative estimate of drug-likeness (QED) is 0.551. The van der Waals surface area contributed by atoms with Gasteiger partial charge in [-0.05, 0) is 19.8 Å². The van der Waals surface area contributed by atoms with Gasteiger partial charge in [0.15, 0.2) is 5.65 Å². The smallest absolute Gasteiger partial charge is 0.163 e. The Morgan fingerprint density at radius 3 is 2.43 bits per heavy atom. The molecular formula is C21H23N7. The Bertz CT molecular complexity index is 1150. The van der Waals surface area contributed by atoms with E-state index in [-0.39, 0.29) is 0 Å². The summed E-state index contributed by atoms with van der Waals surface area (Å²) in [7, 11) is 3.91. The minimum Gasteiger partial charge on any atom is -0.356 e. The molecule has 4 aromatic rings.